The summed E-state index contributed by atoms with van der Waals surface area (Å²) in [4.78, 5) is 25.5. The molecule has 32 heavy (non-hydrogen) atoms. The molecule has 0 aliphatic carbocycles. The van der Waals surface area contributed by atoms with Crippen LogP contribution >= 0.6 is 34.7 Å². The van der Waals surface area contributed by atoms with E-state index in [9.17, 15) is 4.79 Å². The van der Waals surface area contributed by atoms with Crippen LogP contribution in [0, 0.1) is 0 Å². The molecule has 0 aliphatic rings. The van der Waals surface area contributed by atoms with Crippen molar-refractivity contribution in [1.82, 2.24) is 25.1 Å². The van der Waals surface area contributed by atoms with Crippen LogP contribution in [0.2, 0.25) is 5.02 Å². The number of methoxy groups -OCH3 is 1. The Hall–Kier alpha value is -3.14. The van der Waals surface area contributed by atoms with Crippen molar-refractivity contribution in [1.29, 1.82) is 0 Å². The van der Waals surface area contributed by atoms with E-state index in [4.69, 9.17) is 16.3 Å². The van der Waals surface area contributed by atoms with Gasteiger partial charge in [-0.2, -0.15) is 0 Å². The number of hydrogen-bond acceptors (Lipinski definition) is 7. The van der Waals surface area contributed by atoms with Gasteiger partial charge in [-0.25, -0.2) is 9.97 Å². The van der Waals surface area contributed by atoms with Gasteiger partial charge in [0.2, 0.25) is 5.16 Å². The van der Waals surface area contributed by atoms with Gasteiger partial charge >= 0.3 is 0 Å². The second-order valence-electron chi connectivity index (χ2n) is 6.81. The molecule has 5 rings (SSSR count). The monoisotopic (exact) mass is 481 g/mol. The molecular formula is C22H16ClN5O2S2. The summed E-state index contributed by atoms with van der Waals surface area (Å²) in [6.45, 7) is 0. The van der Waals surface area contributed by atoms with Gasteiger partial charge in [0.1, 0.15) is 16.4 Å². The number of ether oxygens (including phenoxy) is 1. The SMILES string of the molecule is COc1ccc(-c2nc(SCc3nc4scc(-c5ccccc5Cl)c4c(=O)[nH]3)n[nH]2)cc1. The fourth-order valence-electron chi connectivity index (χ4n) is 3.26. The van der Waals surface area contributed by atoms with Gasteiger partial charge in [0.15, 0.2) is 5.82 Å². The Bertz CT molecular complexity index is 1460. The number of nitrogens with zero attached hydrogens (tertiary/aromatic N) is 3. The maximum Gasteiger partial charge on any atom is 0.260 e. The van der Waals surface area contributed by atoms with Gasteiger partial charge in [-0.15, -0.1) is 16.4 Å². The first-order valence-electron chi connectivity index (χ1n) is 9.57. The van der Waals surface area contributed by atoms with Gasteiger partial charge in [0, 0.05) is 27.1 Å². The zero-order chi connectivity index (χ0) is 22.1. The van der Waals surface area contributed by atoms with Gasteiger partial charge in [0.05, 0.1) is 18.2 Å². The lowest BCUT2D eigenvalue weighted by molar-refractivity contribution is 0.415. The van der Waals surface area contributed by atoms with Crippen molar-refractivity contribution in [2.75, 3.05) is 7.11 Å². The number of hydrogen-bond donors (Lipinski definition) is 2. The highest BCUT2D eigenvalue weighted by Gasteiger charge is 2.15. The van der Waals surface area contributed by atoms with Crippen LogP contribution in [0.1, 0.15) is 5.82 Å². The molecule has 2 N–H and O–H groups in total. The summed E-state index contributed by atoms with van der Waals surface area (Å²) >= 11 is 9.14. The van der Waals surface area contributed by atoms with Gasteiger partial charge in [-0.3, -0.25) is 9.89 Å². The van der Waals surface area contributed by atoms with Crippen LogP contribution in [-0.4, -0.2) is 32.3 Å². The largest absolute Gasteiger partial charge is 0.497 e. The molecule has 0 saturated heterocycles. The Morgan fingerprint density at radius 3 is 2.69 bits per heavy atom. The number of benzene rings is 2. The van der Waals surface area contributed by atoms with Gasteiger partial charge < -0.3 is 9.72 Å². The summed E-state index contributed by atoms with van der Waals surface area (Å²) < 4.78 is 5.18. The van der Waals surface area contributed by atoms with Crippen molar-refractivity contribution in [2.24, 2.45) is 0 Å². The molecular weight excluding hydrogens is 466 g/mol. The summed E-state index contributed by atoms with van der Waals surface area (Å²) in [5, 5.41) is 10.8. The normalized spacial score (nSPS) is 11.2. The molecule has 0 aliphatic heterocycles. The summed E-state index contributed by atoms with van der Waals surface area (Å²) in [5.41, 5.74) is 2.34. The third-order valence-electron chi connectivity index (χ3n) is 4.82. The van der Waals surface area contributed by atoms with E-state index in [-0.39, 0.29) is 5.56 Å². The van der Waals surface area contributed by atoms with E-state index in [1.165, 1.54) is 23.1 Å². The first-order chi connectivity index (χ1) is 15.6. The lowest BCUT2D eigenvalue weighted by Crippen LogP contribution is -2.10. The number of H-pyrrole nitrogens is 2. The van der Waals surface area contributed by atoms with Crippen molar-refractivity contribution in [3.05, 3.63) is 75.1 Å². The molecule has 0 amide bonds. The van der Waals surface area contributed by atoms with E-state index in [1.54, 1.807) is 7.11 Å². The van der Waals surface area contributed by atoms with Crippen LogP contribution in [0.15, 0.2) is 63.9 Å². The Kier molecular flexibility index (Phi) is 5.69. The number of thiophene rings is 1. The van der Waals surface area contributed by atoms with E-state index < -0.39 is 0 Å². The second-order valence-corrected chi connectivity index (χ2v) is 9.01. The van der Waals surface area contributed by atoms with E-state index in [1.807, 2.05) is 53.9 Å². The molecule has 7 nitrogen and oxygen atoms in total. The molecule has 3 heterocycles. The minimum Gasteiger partial charge on any atom is -0.497 e. The summed E-state index contributed by atoms with van der Waals surface area (Å²) in [5.74, 6) is 2.44. The van der Waals surface area contributed by atoms with E-state index in [0.717, 1.165) is 22.4 Å². The molecule has 0 atom stereocenters. The molecule has 0 unspecified atom stereocenters. The highest BCUT2D eigenvalue weighted by molar-refractivity contribution is 7.98. The number of aromatic amines is 2. The molecule has 10 heteroatoms. The third kappa shape index (κ3) is 4.02. The topological polar surface area (TPSA) is 96.6 Å². The van der Waals surface area contributed by atoms with Crippen molar-refractivity contribution in [2.45, 2.75) is 10.9 Å². The fourth-order valence-corrected chi connectivity index (χ4v) is 5.13. The Morgan fingerprint density at radius 1 is 1.09 bits per heavy atom. The van der Waals surface area contributed by atoms with Gasteiger partial charge in [-0.1, -0.05) is 41.6 Å². The highest BCUT2D eigenvalue weighted by atomic mass is 35.5. The molecule has 2 aromatic carbocycles. The predicted molar refractivity (Wildman–Crippen MR) is 129 cm³/mol. The number of aromatic nitrogens is 5. The van der Waals surface area contributed by atoms with Crippen LogP contribution < -0.4 is 10.3 Å². The van der Waals surface area contributed by atoms with Crippen LogP contribution in [0.3, 0.4) is 0 Å². The van der Waals surface area contributed by atoms with Gasteiger partial charge in [-0.05, 0) is 30.3 Å². The van der Waals surface area contributed by atoms with Crippen molar-refractivity contribution < 1.29 is 4.74 Å². The average Bonchev–Trinajstić information content (AvgIpc) is 3.46. The zero-order valence-electron chi connectivity index (χ0n) is 16.8. The molecule has 160 valence electrons. The lowest BCUT2D eigenvalue weighted by atomic mass is 10.1. The van der Waals surface area contributed by atoms with Crippen LogP contribution in [0.25, 0.3) is 32.7 Å². The quantitative estimate of drug-likeness (QED) is 0.315. The summed E-state index contributed by atoms with van der Waals surface area (Å²) in [6, 6.07) is 15.0. The van der Waals surface area contributed by atoms with Crippen LogP contribution in [0.4, 0.5) is 0 Å². The lowest BCUT2D eigenvalue weighted by Gasteiger charge is -2.03. The van der Waals surface area contributed by atoms with Crippen molar-refractivity contribution >= 4 is 44.9 Å². The fraction of sp³-hybridized carbons (Fsp3) is 0.0909. The molecule has 0 bridgehead atoms. The van der Waals surface area contributed by atoms with Crippen molar-refractivity contribution in [3.63, 3.8) is 0 Å². The maximum atomic E-state index is 12.8. The minimum absolute atomic E-state index is 0.185. The first kappa shape index (κ1) is 20.7. The highest BCUT2D eigenvalue weighted by Crippen LogP contribution is 2.35. The number of thioether (sulfide) groups is 1. The predicted octanol–water partition coefficient (Wildman–Crippen LogP) is 5.39. The molecule has 0 saturated carbocycles. The first-order valence-corrected chi connectivity index (χ1v) is 11.8. The molecule has 3 aromatic heterocycles. The molecule has 0 spiro atoms. The van der Waals surface area contributed by atoms with Crippen molar-refractivity contribution in [3.8, 4) is 28.3 Å². The summed E-state index contributed by atoms with van der Waals surface area (Å²) in [7, 11) is 1.63. The molecule has 5 aromatic rings. The number of halogens is 1. The average molecular weight is 482 g/mol. The van der Waals surface area contributed by atoms with E-state index in [2.05, 4.69) is 25.1 Å². The van der Waals surface area contributed by atoms with Crippen LogP contribution in [-0.2, 0) is 5.75 Å². The third-order valence-corrected chi connectivity index (χ3v) is 6.88. The van der Waals surface area contributed by atoms with Gasteiger partial charge in [0.25, 0.3) is 5.56 Å². The standard InChI is InChI=1S/C22H16ClN5O2S2/c1-30-13-8-6-12(7-9-13)19-26-22(28-27-19)32-11-17-24-20(29)18-15(10-31-21(18)25-17)14-4-2-3-5-16(14)23/h2-10H,11H2,1H3,(H,24,25,29)(H,26,27,28). The van der Waals surface area contributed by atoms with E-state index >= 15 is 0 Å². The van der Waals surface area contributed by atoms with Crippen LogP contribution in [0.5, 0.6) is 5.75 Å². The summed E-state index contributed by atoms with van der Waals surface area (Å²) in [6.07, 6.45) is 0. The number of fused-ring (bicyclic) bond motifs is 1. The Balaban J connectivity index is 1.36. The zero-order valence-corrected chi connectivity index (χ0v) is 19.1. The minimum atomic E-state index is -0.185. The second kappa shape index (κ2) is 8.78. The smallest absolute Gasteiger partial charge is 0.260 e. The molecule has 0 fully saturated rings. The Labute approximate surface area is 195 Å². The molecule has 0 radical (unpaired) electrons. The number of rotatable bonds is 6. The van der Waals surface area contributed by atoms with E-state index in [0.29, 0.717) is 37.8 Å². The maximum absolute atomic E-state index is 12.8. The Morgan fingerprint density at radius 2 is 1.91 bits per heavy atom. The number of nitrogens with one attached hydrogen (secondary N) is 2.